The monoisotopic (exact) mass is 336 g/mol. The van der Waals surface area contributed by atoms with E-state index >= 15 is 0 Å². The van der Waals surface area contributed by atoms with Crippen molar-refractivity contribution in [3.63, 3.8) is 0 Å². The van der Waals surface area contributed by atoms with Crippen LogP contribution in [0.3, 0.4) is 0 Å². The Balaban J connectivity index is 2.30. The van der Waals surface area contributed by atoms with Crippen LogP contribution < -0.4 is 5.32 Å². The second-order valence-corrected chi connectivity index (χ2v) is 6.25. The number of carbonyl (C=O) groups excluding carboxylic acids is 1. The molecule has 2 aliphatic rings. The first-order chi connectivity index (χ1) is 11.4. The summed E-state index contributed by atoms with van der Waals surface area (Å²) in [6.45, 7) is 3.20. The Kier molecular flexibility index (Phi) is 4.58. The molecule has 0 aromatic carbocycles. The third kappa shape index (κ3) is 3.15. The first-order valence-corrected chi connectivity index (χ1v) is 8.09. The van der Waals surface area contributed by atoms with Crippen LogP contribution in [0.25, 0.3) is 0 Å². The Morgan fingerprint density at radius 1 is 1.25 bits per heavy atom. The lowest BCUT2D eigenvalue weighted by molar-refractivity contribution is -0.0885. The van der Waals surface area contributed by atoms with Gasteiger partial charge in [0.2, 0.25) is 0 Å². The summed E-state index contributed by atoms with van der Waals surface area (Å²) in [5, 5.41) is 3.24. The van der Waals surface area contributed by atoms with Crippen molar-refractivity contribution in [3.8, 4) is 0 Å². The van der Waals surface area contributed by atoms with Crippen molar-refractivity contribution in [2.45, 2.75) is 37.8 Å². The molecule has 0 radical (unpaired) electrons. The highest BCUT2D eigenvalue weighted by molar-refractivity contribution is 6.02. The number of nitrogens with one attached hydrogen (secondary N) is 1. The lowest BCUT2D eigenvalue weighted by atomic mass is 9.94. The fraction of sp³-hybridized carbons (Fsp3) is 0.444. The number of halogens is 3. The SMILES string of the molecule is CCc1ccc(C(=O)C(F)(F)F)c2c(ccnc1)C1CNCC2C1. The average molecular weight is 336 g/mol. The van der Waals surface area contributed by atoms with Crippen LogP contribution in [-0.4, -0.2) is 30.0 Å². The summed E-state index contributed by atoms with van der Waals surface area (Å²) < 4.78 is 39.4. The van der Waals surface area contributed by atoms with Gasteiger partial charge in [-0.1, -0.05) is 19.1 Å². The van der Waals surface area contributed by atoms with Gasteiger partial charge in [-0.05, 0) is 47.4 Å². The van der Waals surface area contributed by atoms with Crippen molar-refractivity contribution in [2.24, 2.45) is 0 Å². The van der Waals surface area contributed by atoms with Crippen molar-refractivity contribution in [1.29, 1.82) is 0 Å². The number of ketones is 1. The number of Topliss-reactive ketones (excluding diaryl/α,β-unsaturated/α-hetero) is 1. The molecule has 2 unspecified atom stereocenters. The molecule has 1 fully saturated rings. The molecule has 3 nitrogen and oxygen atoms in total. The smallest absolute Gasteiger partial charge is 0.316 e. The standard InChI is InChI=1S/C18H19F3N2O/c1-2-11-3-4-15(17(24)18(19,20)21)16-13-7-12(9-23-10-13)14(16)5-6-22-8-11/h3-6,8,12-13,23H,2,7,9-10H2,1H3. The van der Waals surface area contributed by atoms with Crippen LogP contribution in [0.2, 0.25) is 0 Å². The highest BCUT2D eigenvalue weighted by Crippen LogP contribution is 2.45. The fourth-order valence-electron chi connectivity index (χ4n) is 3.60. The molecule has 128 valence electrons. The van der Waals surface area contributed by atoms with Crippen LogP contribution in [0.1, 0.15) is 52.2 Å². The van der Waals surface area contributed by atoms with Gasteiger partial charge in [0.05, 0.1) is 0 Å². The maximum Gasteiger partial charge on any atom is 0.454 e. The van der Waals surface area contributed by atoms with E-state index < -0.39 is 12.0 Å². The van der Waals surface area contributed by atoms with E-state index in [1.165, 1.54) is 6.07 Å². The summed E-state index contributed by atoms with van der Waals surface area (Å²) in [6.07, 6.45) is -0.246. The lowest BCUT2D eigenvalue weighted by Gasteiger charge is -2.20. The van der Waals surface area contributed by atoms with Gasteiger partial charge in [-0.25, -0.2) is 0 Å². The number of hydrogen-bond donors (Lipinski definition) is 1. The van der Waals surface area contributed by atoms with Gasteiger partial charge in [0, 0.05) is 31.0 Å². The maximum absolute atomic E-state index is 13.1. The lowest BCUT2D eigenvalue weighted by Crippen LogP contribution is -2.29. The van der Waals surface area contributed by atoms with Gasteiger partial charge in [-0.3, -0.25) is 9.78 Å². The van der Waals surface area contributed by atoms with E-state index in [4.69, 9.17) is 0 Å². The van der Waals surface area contributed by atoms with E-state index in [0.29, 0.717) is 25.1 Å². The molecule has 2 heterocycles. The number of nitrogens with zero attached hydrogens (tertiary/aromatic N) is 1. The number of fused-ring (bicyclic) bond motifs is 5. The summed E-state index contributed by atoms with van der Waals surface area (Å²) >= 11 is 0. The summed E-state index contributed by atoms with van der Waals surface area (Å²) in [7, 11) is 0. The van der Waals surface area contributed by atoms with E-state index in [2.05, 4.69) is 10.3 Å². The third-order valence-electron chi connectivity index (χ3n) is 4.75. The molecule has 0 amide bonds. The number of alkyl halides is 3. The van der Waals surface area contributed by atoms with Crippen LogP contribution in [0.15, 0.2) is 30.6 Å². The highest BCUT2D eigenvalue weighted by atomic mass is 19.4. The first kappa shape index (κ1) is 16.9. The molecular weight excluding hydrogens is 317 g/mol. The fourth-order valence-corrected chi connectivity index (χ4v) is 3.60. The zero-order valence-corrected chi connectivity index (χ0v) is 13.4. The topological polar surface area (TPSA) is 42.0 Å². The molecule has 24 heavy (non-hydrogen) atoms. The van der Waals surface area contributed by atoms with E-state index in [-0.39, 0.29) is 17.4 Å². The van der Waals surface area contributed by atoms with Crippen molar-refractivity contribution in [2.75, 3.05) is 13.1 Å². The Hall–Kier alpha value is -1.95. The van der Waals surface area contributed by atoms with Gasteiger partial charge in [0.15, 0.2) is 0 Å². The van der Waals surface area contributed by atoms with Gasteiger partial charge < -0.3 is 5.32 Å². The molecule has 1 aliphatic carbocycles. The average Bonchev–Trinajstić information content (AvgIpc) is 2.79. The van der Waals surface area contributed by atoms with Crippen LogP contribution in [0.5, 0.6) is 0 Å². The number of rotatable bonds is 2. The Morgan fingerprint density at radius 2 is 2.00 bits per heavy atom. The molecular formula is C18H19F3N2O. The number of piperidine rings is 1. The van der Waals surface area contributed by atoms with Gasteiger partial charge >= 0.3 is 6.18 Å². The van der Waals surface area contributed by atoms with E-state index in [1.54, 1.807) is 24.5 Å². The minimum Gasteiger partial charge on any atom is -0.316 e. The molecule has 0 saturated carbocycles. The first-order valence-electron chi connectivity index (χ1n) is 8.09. The summed E-state index contributed by atoms with van der Waals surface area (Å²) in [4.78, 5) is 16.3. The molecule has 1 aromatic heterocycles. The minimum absolute atomic E-state index is 0.0668. The van der Waals surface area contributed by atoms with Crippen LogP contribution >= 0.6 is 0 Å². The predicted octanol–water partition coefficient (Wildman–Crippen LogP) is 3.69. The Morgan fingerprint density at radius 3 is 2.71 bits per heavy atom. The van der Waals surface area contributed by atoms with E-state index in [0.717, 1.165) is 17.5 Å². The molecule has 0 spiro atoms. The van der Waals surface area contributed by atoms with Crippen LogP contribution in [0.4, 0.5) is 13.2 Å². The summed E-state index contributed by atoms with van der Waals surface area (Å²) in [5.74, 6) is -1.70. The van der Waals surface area contributed by atoms with Crippen LogP contribution in [0, 0.1) is 0 Å². The zero-order chi connectivity index (χ0) is 17.3. The Labute approximate surface area is 138 Å². The number of carbonyl (C=O) groups is 1. The number of hydrogen-bond acceptors (Lipinski definition) is 3. The summed E-state index contributed by atoms with van der Waals surface area (Å²) in [6, 6.07) is 4.66. The zero-order valence-electron chi connectivity index (χ0n) is 13.4. The maximum atomic E-state index is 13.1. The van der Waals surface area contributed by atoms with Gasteiger partial charge in [-0.15, -0.1) is 0 Å². The van der Waals surface area contributed by atoms with Crippen LogP contribution in [-0.2, 0) is 6.42 Å². The molecule has 3 rings (SSSR count). The molecule has 1 aromatic rings. The molecule has 2 bridgehead atoms. The third-order valence-corrected chi connectivity index (χ3v) is 4.75. The quantitative estimate of drug-likeness (QED) is 0.838. The summed E-state index contributed by atoms with van der Waals surface area (Å²) in [5.41, 5.74) is 1.89. The molecule has 6 heteroatoms. The van der Waals surface area contributed by atoms with E-state index in [1.807, 2.05) is 6.92 Å². The predicted molar refractivity (Wildman–Crippen MR) is 84.6 cm³/mol. The molecule has 1 N–H and O–H groups in total. The number of aryl methyl sites for hydroxylation is 1. The molecule has 1 saturated heterocycles. The normalized spacial score (nSPS) is 21.8. The van der Waals surface area contributed by atoms with Gasteiger partial charge in [0.1, 0.15) is 0 Å². The van der Waals surface area contributed by atoms with Crippen molar-refractivity contribution >= 4 is 5.78 Å². The highest BCUT2D eigenvalue weighted by Gasteiger charge is 2.43. The second-order valence-electron chi connectivity index (χ2n) is 6.25. The minimum atomic E-state index is -4.88. The van der Waals surface area contributed by atoms with Crippen molar-refractivity contribution < 1.29 is 18.0 Å². The molecule has 2 atom stereocenters. The second kappa shape index (κ2) is 6.51. The van der Waals surface area contributed by atoms with Gasteiger partial charge in [0.25, 0.3) is 5.78 Å². The van der Waals surface area contributed by atoms with Gasteiger partial charge in [-0.2, -0.15) is 13.2 Å². The number of aromatic nitrogens is 1. The van der Waals surface area contributed by atoms with Crippen molar-refractivity contribution in [1.82, 2.24) is 10.3 Å². The largest absolute Gasteiger partial charge is 0.454 e. The molecule has 1 aliphatic heterocycles. The van der Waals surface area contributed by atoms with E-state index in [9.17, 15) is 18.0 Å². The van der Waals surface area contributed by atoms with Crippen molar-refractivity contribution in [3.05, 3.63) is 52.8 Å². The Bertz CT molecular complexity index is 714.